The van der Waals surface area contributed by atoms with Gasteiger partial charge in [-0.25, -0.2) is 0 Å². The average molecular weight is 346 g/mol. The molecule has 1 aliphatic heterocycles. The number of rotatable bonds is 5. The third-order valence-corrected chi connectivity index (χ3v) is 7.32. The predicted octanol–water partition coefficient (Wildman–Crippen LogP) is 2.49. The van der Waals surface area contributed by atoms with Crippen molar-refractivity contribution in [3.63, 3.8) is 0 Å². The summed E-state index contributed by atoms with van der Waals surface area (Å²) in [5, 5.41) is 3.13. The molecule has 1 saturated heterocycles. The van der Waals surface area contributed by atoms with Crippen LogP contribution in [0, 0.1) is 29.6 Å². The second kappa shape index (κ2) is 6.73. The molecule has 5 heteroatoms. The molecule has 3 aliphatic carbocycles. The van der Waals surface area contributed by atoms with E-state index >= 15 is 0 Å². The first kappa shape index (κ1) is 17.0. The zero-order valence-corrected chi connectivity index (χ0v) is 15.2. The van der Waals surface area contributed by atoms with E-state index in [0.717, 1.165) is 37.5 Å². The highest BCUT2D eigenvalue weighted by molar-refractivity contribution is 6.05. The summed E-state index contributed by atoms with van der Waals surface area (Å²) in [6.45, 7) is 2.37. The third-order valence-electron chi connectivity index (χ3n) is 7.32. The normalized spacial score (nSPS) is 38.1. The fraction of sp³-hybridized carbons (Fsp3) is 0.850. The van der Waals surface area contributed by atoms with Crippen molar-refractivity contribution in [2.75, 3.05) is 6.54 Å². The number of amides is 3. The van der Waals surface area contributed by atoms with Crippen LogP contribution in [-0.2, 0) is 14.4 Å². The molecule has 6 atom stereocenters. The van der Waals surface area contributed by atoms with E-state index in [4.69, 9.17) is 0 Å². The van der Waals surface area contributed by atoms with Gasteiger partial charge in [0, 0.05) is 19.0 Å². The van der Waals surface area contributed by atoms with Crippen LogP contribution in [0.5, 0.6) is 0 Å². The van der Waals surface area contributed by atoms with Crippen molar-refractivity contribution >= 4 is 17.7 Å². The molecule has 4 fully saturated rings. The monoisotopic (exact) mass is 346 g/mol. The van der Waals surface area contributed by atoms with Crippen LogP contribution < -0.4 is 5.32 Å². The standard InChI is InChI=1S/C20H30N2O3/c1-12(17-11-13-6-7-14(17)10-13)21-18(23)8-9-22-19(24)15-4-2-3-5-16(15)20(22)25/h12-17H,2-11H2,1H3,(H,21,23)/t12-,13-,14-,15-,16+,17+/m0/s1. The molecule has 1 heterocycles. The first-order chi connectivity index (χ1) is 12.0. The summed E-state index contributed by atoms with van der Waals surface area (Å²) in [7, 11) is 0. The Morgan fingerprint density at radius 3 is 2.32 bits per heavy atom. The first-order valence-corrected chi connectivity index (χ1v) is 10.2. The van der Waals surface area contributed by atoms with Gasteiger partial charge in [0.25, 0.3) is 0 Å². The summed E-state index contributed by atoms with van der Waals surface area (Å²) < 4.78 is 0. The van der Waals surface area contributed by atoms with Crippen LogP contribution in [0.15, 0.2) is 0 Å². The van der Waals surface area contributed by atoms with Crippen molar-refractivity contribution in [2.45, 2.75) is 70.8 Å². The molecular formula is C20H30N2O3. The van der Waals surface area contributed by atoms with Gasteiger partial charge < -0.3 is 5.32 Å². The van der Waals surface area contributed by atoms with Crippen molar-refractivity contribution in [1.29, 1.82) is 0 Å². The average Bonchev–Trinajstić information content (AvgIpc) is 3.29. The molecule has 4 rings (SSSR count). The number of likely N-dealkylation sites (tertiary alicyclic amines) is 1. The number of fused-ring (bicyclic) bond motifs is 3. The van der Waals surface area contributed by atoms with Gasteiger partial charge >= 0.3 is 0 Å². The molecule has 2 bridgehead atoms. The molecule has 3 amide bonds. The maximum atomic E-state index is 12.5. The highest BCUT2D eigenvalue weighted by Gasteiger charge is 2.48. The topological polar surface area (TPSA) is 66.5 Å². The summed E-state index contributed by atoms with van der Waals surface area (Å²) in [6, 6.07) is 0.204. The van der Waals surface area contributed by atoms with Crippen LogP contribution in [-0.4, -0.2) is 35.2 Å². The molecule has 0 radical (unpaired) electrons. The molecule has 0 aromatic rings. The molecule has 1 N–H and O–H groups in total. The lowest BCUT2D eigenvalue weighted by Crippen LogP contribution is -2.42. The van der Waals surface area contributed by atoms with E-state index in [-0.39, 0.29) is 48.6 Å². The first-order valence-electron chi connectivity index (χ1n) is 10.2. The van der Waals surface area contributed by atoms with Crippen LogP contribution in [0.3, 0.4) is 0 Å². The van der Waals surface area contributed by atoms with Gasteiger partial charge in [-0.2, -0.15) is 0 Å². The number of nitrogens with one attached hydrogen (secondary N) is 1. The molecular weight excluding hydrogens is 316 g/mol. The second-order valence-corrected chi connectivity index (χ2v) is 8.77. The Kier molecular flexibility index (Phi) is 4.59. The Balaban J connectivity index is 1.27. The van der Waals surface area contributed by atoms with E-state index in [0.29, 0.717) is 5.92 Å². The van der Waals surface area contributed by atoms with E-state index in [9.17, 15) is 14.4 Å². The minimum Gasteiger partial charge on any atom is -0.353 e. The highest BCUT2D eigenvalue weighted by Crippen LogP contribution is 2.49. The van der Waals surface area contributed by atoms with Gasteiger partial charge in [0.1, 0.15) is 0 Å². The zero-order chi connectivity index (χ0) is 17.6. The van der Waals surface area contributed by atoms with Crippen LogP contribution in [0.25, 0.3) is 0 Å². The summed E-state index contributed by atoms with van der Waals surface area (Å²) in [4.78, 5) is 38.6. The molecule has 25 heavy (non-hydrogen) atoms. The number of carbonyl (C=O) groups is 3. The van der Waals surface area contributed by atoms with Crippen molar-refractivity contribution in [2.24, 2.45) is 29.6 Å². The lowest BCUT2D eigenvalue weighted by atomic mass is 9.81. The fourth-order valence-corrected chi connectivity index (χ4v) is 6.00. The molecule has 0 unspecified atom stereocenters. The Bertz CT molecular complexity index is 551. The minimum atomic E-state index is -0.114. The molecule has 0 aromatic carbocycles. The predicted molar refractivity (Wildman–Crippen MR) is 93.3 cm³/mol. The van der Waals surface area contributed by atoms with Gasteiger partial charge in [-0.05, 0) is 56.8 Å². The second-order valence-electron chi connectivity index (χ2n) is 8.77. The minimum absolute atomic E-state index is 0.0225. The van der Waals surface area contributed by atoms with Gasteiger partial charge in [-0.1, -0.05) is 19.3 Å². The van der Waals surface area contributed by atoms with E-state index in [1.165, 1.54) is 30.6 Å². The quantitative estimate of drug-likeness (QED) is 0.778. The van der Waals surface area contributed by atoms with Crippen LogP contribution >= 0.6 is 0 Å². The maximum Gasteiger partial charge on any atom is 0.233 e. The summed E-state index contributed by atoms with van der Waals surface area (Å²) in [5.74, 6) is 1.94. The largest absolute Gasteiger partial charge is 0.353 e. The van der Waals surface area contributed by atoms with Crippen molar-refractivity contribution < 1.29 is 14.4 Å². The van der Waals surface area contributed by atoms with E-state index in [2.05, 4.69) is 12.2 Å². The van der Waals surface area contributed by atoms with Gasteiger partial charge in [0.15, 0.2) is 0 Å². The van der Waals surface area contributed by atoms with E-state index in [1.807, 2.05) is 0 Å². The number of hydrogen-bond acceptors (Lipinski definition) is 3. The van der Waals surface area contributed by atoms with E-state index in [1.54, 1.807) is 0 Å². The van der Waals surface area contributed by atoms with Crippen molar-refractivity contribution in [3.05, 3.63) is 0 Å². The fourth-order valence-electron chi connectivity index (χ4n) is 6.00. The number of imide groups is 1. The summed E-state index contributed by atoms with van der Waals surface area (Å²) in [6.07, 6.45) is 9.24. The van der Waals surface area contributed by atoms with Crippen molar-refractivity contribution in [3.8, 4) is 0 Å². The summed E-state index contributed by atoms with van der Waals surface area (Å²) >= 11 is 0. The van der Waals surface area contributed by atoms with Crippen molar-refractivity contribution in [1.82, 2.24) is 10.2 Å². The zero-order valence-electron chi connectivity index (χ0n) is 15.2. The van der Waals surface area contributed by atoms with Gasteiger partial charge in [-0.3, -0.25) is 19.3 Å². The lowest BCUT2D eigenvalue weighted by Gasteiger charge is -2.28. The van der Waals surface area contributed by atoms with Gasteiger partial charge in [0.05, 0.1) is 11.8 Å². The number of nitrogens with zero attached hydrogens (tertiary/aromatic N) is 1. The summed E-state index contributed by atoms with van der Waals surface area (Å²) in [5.41, 5.74) is 0. The molecule has 0 aromatic heterocycles. The number of hydrogen-bond donors (Lipinski definition) is 1. The lowest BCUT2D eigenvalue weighted by molar-refractivity contribution is -0.140. The SMILES string of the molecule is C[C@H](NC(=O)CCN1C(=O)[C@H]2CCCC[C@H]2C1=O)[C@H]1C[C@H]2CC[C@H]1C2. The number of carbonyl (C=O) groups excluding carboxylic acids is 3. The molecule has 5 nitrogen and oxygen atoms in total. The Labute approximate surface area is 149 Å². The maximum absolute atomic E-state index is 12.5. The Hall–Kier alpha value is -1.39. The molecule has 138 valence electrons. The third kappa shape index (κ3) is 3.11. The Morgan fingerprint density at radius 1 is 1.08 bits per heavy atom. The highest BCUT2D eigenvalue weighted by atomic mass is 16.2. The van der Waals surface area contributed by atoms with E-state index < -0.39 is 0 Å². The molecule has 0 spiro atoms. The van der Waals surface area contributed by atoms with Crippen LogP contribution in [0.1, 0.15) is 64.7 Å². The van der Waals surface area contributed by atoms with Crippen LogP contribution in [0.2, 0.25) is 0 Å². The van der Waals surface area contributed by atoms with Gasteiger partial charge in [0.2, 0.25) is 17.7 Å². The van der Waals surface area contributed by atoms with Crippen LogP contribution in [0.4, 0.5) is 0 Å². The molecule has 3 saturated carbocycles. The smallest absolute Gasteiger partial charge is 0.233 e. The van der Waals surface area contributed by atoms with Gasteiger partial charge in [-0.15, -0.1) is 0 Å². The Morgan fingerprint density at radius 2 is 1.76 bits per heavy atom. The molecule has 4 aliphatic rings.